The van der Waals surface area contributed by atoms with Crippen molar-refractivity contribution >= 4 is 34.3 Å². The maximum atomic E-state index is 9.52. The Bertz CT molecular complexity index is 788. The van der Waals surface area contributed by atoms with Crippen LogP contribution in [0, 0.1) is 0 Å². The van der Waals surface area contributed by atoms with Crippen molar-refractivity contribution in [2.24, 2.45) is 0 Å². The van der Waals surface area contributed by atoms with Crippen molar-refractivity contribution in [3.05, 3.63) is 42.0 Å². The van der Waals surface area contributed by atoms with E-state index in [9.17, 15) is 5.11 Å². The van der Waals surface area contributed by atoms with Gasteiger partial charge in [0.2, 0.25) is 0 Å². The zero-order valence-electron chi connectivity index (χ0n) is 11.0. The van der Waals surface area contributed by atoms with Crippen molar-refractivity contribution in [2.45, 2.75) is 16.8 Å². The molecule has 7 heteroatoms. The molecule has 2 aromatic heterocycles. The van der Waals surface area contributed by atoms with Crippen LogP contribution in [0.15, 0.2) is 46.6 Å². The minimum Gasteiger partial charge on any atom is -0.392 e. The van der Waals surface area contributed by atoms with Gasteiger partial charge in [0.15, 0.2) is 5.16 Å². The molecule has 6 nitrogen and oxygen atoms in total. The second kappa shape index (κ2) is 5.55. The third-order valence-electron chi connectivity index (χ3n) is 2.87. The number of hydrogen-bond donors (Lipinski definition) is 3. The Morgan fingerprint density at radius 3 is 2.43 bits per heavy atom. The van der Waals surface area contributed by atoms with E-state index in [1.807, 2.05) is 30.3 Å². The maximum Gasteiger partial charge on any atom is 0.197 e. The van der Waals surface area contributed by atoms with Crippen LogP contribution in [0.5, 0.6) is 0 Å². The van der Waals surface area contributed by atoms with E-state index in [4.69, 9.17) is 11.5 Å². The lowest BCUT2D eigenvalue weighted by molar-refractivity contribution is 0.278. The summed E-state index contributed by atoms with van der Waals surface area (Å²) in [7, 11) is 0. The lowest BCUT2D eigenvalue weighted by Crippen LogP contribution is -2.00. The Morgan fingerprint density at radius 2 is 1.71 bits per heavy atom. The van der Waals surface area contributed by atoms with Crippen LogP contribution in [0.3, 0.4) is 0 Å². The number of para-hydroxylation sites is 1. The number of aromatic nitrogens is 3. The lowest BCUT2D eigenvalue weighted by atomic mass is 10.2. The number of nitrogen functional groups attached to an aromatic ring is 2. The predicted octanol–water partition coefficient (Wildman–Crippen LogP) is 1.83. The number of pyridine rings is 1. The van der Waals surface area contributed by atoms with E-state index < -0.39 is 0 Å². The quantitative estimate of drug-likeness (QED) is 0.633. The highest BCUT2D eigenvalue weighted by Gasteiger charge is 2.11. The van der Waals surface area contributed by atoms with Crippen LogP contribution < -0.4 is 11.5 Å². The Morgan fingerprint density at radius 1 is 1.00 bits per heavy atom. The van der Waals surface area contributed by atoms with Crippen molar-refractivity contribution in [3.8, 4) is 0 Å². The fourth-order valence-electron chi connectivity index (χ4n) is 1.94. The summed E-state index contributed by atoms with van der Waals surface area (Å²) in [5.74, 6) is 0.604. The largest absolute Gasteiger partial charge is 0.392 e. The molecule has 0 radical (unpaired) electrons. The number of nitrogens with zero attached hydrogens (tertiary/aromatic N) is 3. The average Bonchev–Trinajstić information content (AvgIpc) is 2.45. The van der Waals surface area contributed by atoms with Crippen molar-refractivity contribution in [1.82, 2.24) is 15.0 Å². The van der Waals surface area contributed by atoms with Crippen molar-refractivity contribution < 1.29 is 5.11 Å². The molecule has 0 aliphatic carbocycles. The van der Waals surface area contributed by atoms with Gasteiger partial charge in [0, 0.05) is 17.0 Å². The molecule has 2 heterocycles. The molecular formula is C14H13N5OS. The number of rotatable bonds is 3. The number of hydrogen-bond acceptors (Lipinski definition) is 7. The first-order valence-corrected chi connectivity index (χ1v) is 7.05. The van der Waals surface area contributed by atoms with E-state index >= 15 is 0 Å². The third kappa shape index (κ3) is 2.88. The van der Waals surface area contributed by atoms with Crippen LogP contribution in [0.1, 0.15) is 5.56 Å². The SMILES string of the molecule is Nc1cc(N)nc(Sc2nc3ccccc3cc2CO)n1. The Kier molecular flexibility index (Phi) is 3.59. The van der Waals surface area contributed by atoms with Crippen LogP contribution in [0.2, 0.25) is 0 Å². The molecule has 0 bridgehead atoms. The summed E-state index contributed by atoms with van der Waals surface area (Å²) in [5, 5.41) is 11.5. The molecule has 0 atom stereocenters. The molecule has 21 heavy (non-hydrogen) atoms. The molecule has 5 N–H and O–H groups in total. The van der Waals surface area contributed by atoms with Crippen molar-refractivity contribution in [1.29, 1.82) is 0 Å². The van der Waals surface area contributed by atoms with Crippen LogP contribution in [-0.4, -0.2) is 20.1 Å². The van der Waals surface area contributed by atoms with Crippen molar-refractivity contribution in [3.63, 3.8) is 0 Å². The molecule has 0 amide bonds. The van der Waals surface area contributed by atoms with Crippen LogP contribution in [-0.2, 0) is 6.61 Å². The highest BCUT2D eigenvalue weighted by atomic mass is 32.2. The van der Waals surface area contributed by atoms with Gasteiger partial charge in [-0.2, -0.15) is 0 Å². The molecule has 106 valence electrons. The van der Waals surface area contributed by atoms with Gasteiger partial charge in [0.25, 0.3) is 0 Å². The predicted molar refractivity (Wildman–Crippen MR) is 82.6 cm³/mol. The molecule has 0 aliphatic heterocycles. The summed E-state index contributed by atoms with van der Waals surface area (Å²) in [4.78, 5) is 12.8. The van der Waals surface area contributed by atoms with Gasteiger partial charge in [-0.1, -0.05) is 18.2 Å². The van der Waals surface area contributed by atoms with Gasteiger partial charge in [0.1, 0.15) is 16.7 Å². The smallest absolute Gasteiger partial charge is 0.197 e. The van der Waals surface area contributed by atoms with Gasteiger partial charge >= 0.3 is 0 Å². The minimum atomic E-state index is -0.113. The molecule has 0 saturated heterocycles. The average molecular weight is 299 g/mol. The highest BCUT2D eigenvalue weighted by molar-refractivity contribution is 7.99. The number of aliphatic hydroxyl groups is 1. The van der Waals surface area contributed by atoms with E-state index in [-0.39, 0.29) is 6.61 Å². The molecule has 3 rings (SSSR count). The summed E-state index contributed by atoms with van der Waals surface area (Å²) >= 11 is 1.23. The molecular weight excluding hydrogens is 286 g/mol. The zero-order chi connectivity index (χ0) is 14.8. The van der Waals surface area contributed by atoms with E-state index in [0.29, 0.717) is 27.4 Å². The summed E-state index contributed by atoms with van der Waals surface area (Å²) < 4.78 is 0. The van der Waals surface area contributed by atoms with E-state index in [1.54, 1.807) is 0 Å². The second-order valence-electron chi connectivity index (χ2n) is 4.41. The first-order chi connectivity index (χ1) is 10.2. The maximum absolute atomic E-state index is 9.52. The van der Waals surface area contributed by atoms with Gasteiger partial charge in [-0.3, -0.25) is 0 Å². The normalized spacial score (nSPS) is 10.9. The van der Waals surface area contributed by atoms with Gasteiger partial charge < -0.3 is 16.6 Å². The number of aliphatic hydroxyl groups excluding tert-OH is 1. The van der Waals surface area contributed by atoms with Gasteiger partial charge in [-0.05, 0) is 23.9 Å². The topological polar surface area (TPSA) is 111 Å². The van der Waals surface area contributed by atoms with Gasteiger partial charge in [-0.25, -0.2) is 15.0 Å². The van der Waals surface area contributed by atoms with E-state index in [1.165, 1.54) is 17.8 Å². The fourth-order valence-corrected chi connectivity index (χ4v) is 2.81. The molecule has 0 fully saturated rings. The van der Waals surface area contributed by atoms with E-state index in [0.717, 1.165) is 10.9 Å². The number of nitrogens with two attached hydrogens (primary N) is 2. The molecule has 0 saturated carbocycles. The Labute approximate surface area is 125 Å². The third-order valence-corrected chi connectivity index (χ3v) is 3.78. The second-order valence-corrected chi connectivity index (χ2v) is 5.36. The standard InChI is InChI=1S/C14H13N5OS/c15-11-6-12(16)19-14(18-11)21-13-9(7-20)5-8-3-1-2-4-10(8)17-13/h1-6,20H,7H2,(H4,15,16,18,19). The first kappa shape index (κ1) is 13.6. The fraction of sp³-hybridized carbons (Fsp3) is 0.0714. The number of fused-ring (bicyclic) bond motifs is 1. The summed E-state index contributed by atoms with van der Waals surface area (Å²) in [5.41, 5.74) is 12.9. The highest BCUT2D eigenvalue weighted by Crippen LogP contribution is 2.29. The summed E-state index contributed by atoms with van der Waals surface area (Å²) in [6, 6.07) is 11.1. The van der Waals surface area contributed by atoms with Crippen LogP contribution >= 0.6 is 11.8 Å². The monoisotopic (exact) mass is 299 g/mol. The van der Waals surface area contributed by atoms with E-state index in [2.05, 4.69) is 15.0 Å². The van der Waals surface area contributed by atoms with Crippen LogP contribution in [0.25, 0.3) is 10.9 Å². The molecule has 0 unspecified atom stereocenters. The first-order valence-electron chi connectivity index (χ1n) is 6.23. The summed E-state index contributed by atoms with van der Waals surface area (Å²) in [6.07, 6.45) is 0. The van der Waals surface area contributed by atoms with Gasteiger partial charge in [-0.15, -0.1) is 0 Å². The molecule has 3 aromatic rings. The molecule has 0 aliphatic rings. The Balaban J connectivity index is 2.06. The molecule has 0 spiro atoms. The number of benzene rings is 1. The minimum absolute atomic E-state index is 0.113. The van der Waals surface area contributed by atoms with Gasteiger partial charge in [0.05, 0.1) is 12.1 Å². The number of anilines is 2. The summed E-state index contributed by atoms with van der Waals surface area (Å²) in [6.45, 7) is -0.113. The van der Waals surface area contributed by atoms with Crippen LogP contribution in [0.4, 0.5) is 11.6 Å². The lowest BCUT2D eigenvalue weighted by Gasteiger charge is -2.08. The molecule has 1 aromatic carbocycles. The van der Waals surface area contributed by atoms with Crippen molar-refractivity contribution in [2.75, 3.05) is 11.5 Å². The Hall–Kier alpha value is -2.38. The zero-order valence-corrected chi connectivity index (χ0v) is 11.8.